The van der Waals surface area contributed by atoms with Gasteiger partial charge in [-0.25, -0.2) is 9.59 Å². The number of ether oxygens (including phenoxy) is 2. The molecular formula is C12H11Cl3N2O5. The van der Waals surface area contributed by atoms with Crippen molar-refractivity contribution in [2.75, 3.05) is 6.61 Å². The van der Waals surface area contributed by atoms with Crippen molar-refractivity contribution >= 4 is 52.7 Å². The first-order valence-electron chi connectivity index (χ1n) is 5.77. The van der Waals surface area contributed by atoms with Crippen molar-refractivity contribution in [3.05, 3.63) is 27.2 Å². The lowest BCUT2D eigenvalue weighted by Crippen LogP contribution is -2.42. The number of hydrogen-bond acceptors (Lipinski definition) is 5. The quantitative estimate of drug-likeness (QED) is 0.611. The topological polar surface area (TPSA) is 108 Å². The minimum Gasteiger partial charge on any atom is -0.480 e. The van der Waals surface area contributed by atoms with Gasteiger partial charge in [-0.15, -0.1) is 0 Å². The van der Waals surface area contributed by atoms with Crippen LogP contribution in [0.5, 0.6) is 5.75 Å². The van der Waals surface area contributed by atoms with Gasteiger partial charge in [0.15, 0.2) is 12.7 Å². The average Bonchev–Trinajstić information content (AvgIpc) is 2.40. The first-order chi connectivity index (χ1) is 10.2. The van der Waals surface area contributed by atoms with Crippen LogP contribution in [0.4, 0.5) is 4.79 Å². The van der Waals surface area contributed by atoms with E-state index >= 15 is 0 Å². The Labute approximate surface area is 140 Å². The highest BCUT2D eigenvalue weighted by atomic mass is 35.5. The van der Waals surface area contributed by atoms with E-state index in [4.69, 9.17) is 50.0 Å². The predicted octanol–water partition coefficient (Wildman–Crippen LogP) is 2.15. The molecule has 0 bridgehead atoms. The molecule has 1 atom stereocenters. The average molecular weight is 370 g/mol. The summed E-state index contributed by atoms with van der Waals surface area (Å²) < 4.78 is 9.87. The summed E-state index contributed by atoms with van der Waals surface area (Å²) in [4.78, 5) is 33.3. The summed E-state index contributed by atoms with van der Waals surface area (Å²) in [5.41, 5.74) is 4.77. The summed E-state index contributed by atoms with van der Waals surface area (Å²) in [5.74, 6) is -1.58. The number of carbonyl (C=O) groups is 3. The highest BCUT2D eigenvalue weighted by molar-refractivity contribution is 6.43. The number of benzene rings is 1. The third-order valence-corrected chi connectivity index (χ3v) is 3.26. The second kappa shape index (κ2) is 8.07. The van der Waals surface area contributed by atoms with E-state index in [1.807, 2.05) is 0 Å². The number of nitrogens with one attached hydrogen (secondary N) is 1. The molecule has 0 unspecified atom stereocenters. The van der Waals surface area contributed by atoms with Gasteiger partial charge in [-0.1, -0.05) is 34.8 Å². The van der Waals surface area contributed by atoms with Crippen LogP contribution in [0.3, 0.4) is 0 Å². The van der Waals surface area contributed by atoms with Crippen molar-refractivity contribution in [3.63, 3.8) is 0 Å². The summed E-state index contributed by atoms with van der Waals surface area (Å²) in [5, 5.41) is 2.36. The van der Waals surface area contributed by atoms with E-state index in [1.165, 1.54) is 19.1 Å². The predicted molar refractivity (Wildman–Crippen MR) is 80.2 cm³/mol. The first-order valence-corrected chi connectivity index (χ1v) is 6.91. The molecule has 0 aliphatic heterocycles. The van der Waals surface area contributed by atoms with E-state index in [0.29, 0.717) is 0 Å². The van der Waals surface area contributed by atoms with Crippen LogP contribution >= 0.6 is 34.8 Å². The number of rotatable bonds is 5. The Morgan fingerprint density at radius 2 is 1.77 bits per heavy atom. The van der Waals surface area contributed by atoms with Gasteiger partial charge in [-0.05, 0) is 13.0 Å². The molecule has 0 saturated carbocycles. The molecule has 0 aliphatic rings. The molecule has 3 N–H and O–H groups in total. The van der Waals surface area contributed by atoms with Gasteiger partial charge < -0.3 is 15.2 Å². The van der Waals surface area contributed by atoms with E-state index < -0.39 is 30.6 Å². The summed E-state index contributed by atoms with van der Waals surface area (Å²) in [6.07, 6.45) is -1.21. The van der Waals surface area contributed by atoms with Crippen molar-refractivity contribution in [2.24, 2.45) is 5.73 Å². The van der Waals surface area contributed by atoms with Gasteiger partial charge in [0.25, 0.3) is 5.91 Å². The molecule has 1 aromatic rings. The molecule has 3 amide bonds. The number of urea groups is 1. The zero-order valence-electron chi connectivity index (χ0n) is 11.2. The van der Waals surface area contributed by atoms with Crippen LogP contribution in [-0.4, -0.2) is 30.6 Å². The zero-order chi connectivity index (χ0) is 16.9. The van der Waals surface area contributed by atoms with Gasteiger partial charge in [-0.3, -0.25) is 10.1 Å². The highest BCUT2D eigenvalue weighted by Gasteiger charge is 2.19. The van der Waals surface area contributed by atoms with Crippen molar-refractivity contribution in [1.29, 1.82) is 0 Å². The number of primary amides is 1. The van der Waals surface area contributed by atoms with Gasteiger partial charge in [0.1, 0.15) is 5.75 Å². The maximum Gasteiger partial charge on any atom is 0.344 e. The van der Waals surface area contributed by atoms with Crippen molar-refractivity contribution in [3.8, 4) is 5.75 Å². The lowest BCUT2D eigenvalue weighted by molar-refractivity contribution is -0.156. The maximum absolute atomic E-state index is 11.5. The lowest BCUT2D eigenvalue weighted by atomic mass is 10.3. The molecule has 0 radical (unpaired) electrons. The van der Waals surface area contributed by atoms with Crippen LogP contribution < -0.4 is 15.8 Å². The Hall–Kier alpha value is -1.70. The number of esters is 1. The molecule has 0 saturated heterocycles. The van der Waals surface area contributed by atoms with Gasteiger partial charge in [0, 0.05) is 6.07 Å². The minimum atomic E-state index is -1.21. The Morgan fingerprint density at radius 3 is 2.36 bits per heavy atom. The molecule has 1 aromatic carbocycles. The molecule has 10 heteroatoms. The number of carbonyl (C=O) groups excluding carboxylic acids is 3. The molecule has 0 aromatic heterocycles. The first kappa shape index (κ1) is 18.3. The molecule has 120 valence electrons. The third-order valence-electron chi connectivity index (χ3n) is 2.24. The molecule has 7 nitrogen and oxygen atoms in total. The van der Waals surface area contributed by atoms with E-state index in [1.54, 1.807) is 5.32 Å². The van der Waals surface area contributed by atoms with Gasteiger partial charge in [-0.2, -0.15) is 0 Å². The van der Waals surface area contributed by atoms with Crippen LogP contribution in [0.2, 0.25) is 15.1 Å². The lowest BCUT2D eigenvalue weighted by Gasteiger charge is -2.13. The van der Waals surface area contributed by atoms with Crippen molar-refractivity contribution in [2.45, 2.75) is 13.0 Å². The second-order valence-electron chi connectivity index (χ2n) is 3.97. The smallest absolute Gasteiger partial charge is 0.344 e. The van der Waals surface area contributed by atoms with Crippen molar-refractivity contribution in [1.82, 2.24) is 5.32 Å². The Bertz CT molecular complexity index is 609. The third kappa shape index (κ3) is 5.59. The number of halogens is 3. The van der Waals surface area contributed by atoms with Crippen LogP contribution in [0.1, 0.15) is 6.92 Å². The van der Waals surface area contributed by atoms with Crippen LogP contribution in [0.25, 0.3) is 0 Å². The number of imide groups is 1. The van der Waals surface area contributed by atoms with E-state index in [2.05, 4.69) is 0 Å². The Balaban J connectivity index is 2.55. The molecular weight excluding hydrogens is 359 g/mol. The number of hydrogen-bond donors (Lipinski definition) is 2. The monoisotopic (exact) mass is 368 g/mol. The van der Waals surface area contributed by atoms with Gasteiger partial charge >= 0.3 is 12.0 Å². The molecule has 0 aliphatic carbocycles. The van der Waals surface area contributed by atoms with E-state index in [0.717, 1.165) is 0 Å². The standard InChI is InChI=1S/C12H11Cl3N2O5/c1-5(11(19)17-12(16)20)22-10(18)4-21-9-3-7(14)6(13)2-8(9)15/h2-3,5H,4H2,1H3,(H3,16,17,19,20)/t5-/m1/s1. The fourth-order valence-corrected chi connectivity index (χ4v) is 1.85. The van der Waals surface area contributed by atoms with Crippen LogP contribution in [-0.2, 0) is 14.3 Å². The summed E-state index contributed by atoms with van der Waals surface area (Å²) >= 11 is 17.4. The fourth-order valence-electron chi connectivity index (χ4n) is 1.26. The normalized spacial score (nSPS) is 11.5. The van der Waals surface area contributed by atoms with Gasteiger partial charge in [0.2, 0.25) is 0 Å². The number of amides is 3. The Kier molecular flexibility index (Phi) is 6.73. The molecule has 0 fully saturated rings. The Morgan fingerprint density at radius 1 is 1.18 bits per heavy atom. The summed E-state index contributed by atoms with van der Waals surface area (Å²) in [6.45, 7) is 0.744. The van der Waals surface area contributed by atoms with Gasteiger partial charge in [0.05, 0.1) is 15.1 Å². The molecule has 0 spiro atoms. The summed E-state index contributed by atoms with van der Waals surface area (Å²) in [6, 6.07) is 1.64. The number of nitrogens with two attached hydrogens (primary N) is 1. The molecule has 1 rings (SSSR count). The second-order valence-corrected chi connectivity index (χ2v) is 5.19. The van der Waals surface area contributed by atoms with Crippen LogP contribution in [0, 0.1) is 0 Å². The largest absolute Gasteiger partial charge is 0.480 e. The SMILES string of the molecule is C[C@@H](OC(=O)COc1cc(Cl)c(Cl)cc1Cl)C(=O)NC(N)=O. The fraction of sp³-hybridized carbons (Fsp3) is 0.250. The summed E-state index contributed by atoms with van der Waals surface area (Å²) in [7, 11) is 0. The van der Waals surface area contributed by atoms with Crippen LogP contribution in [0.15, 0.2) is 12.1 Å². The van der Waals surface area contributed by atoms with E-state index in [9.17, 15) is 14.4 Å². The molecule has 0 heterocycles. The van der Waals surface area contributed by atoms with Crippen molar-refractivity contribution < 1.29 is 23.9 Å². The minimum absolute atomic E-state index is 0.127. The zero-order valence-corrected chi connectivity index (χ0v) is 13.5. The molecule has 22 heavy (non-hydrogen) atoms. The highest BCUT2D eigenvalue weighted by Crippen LogP contribution is 2.33. The van der Waals surface area contributed by atoms with E-state index in [-0.39, 0.29) is 20.8 Å². The maximum atomic E-state index is 11.5.